The highest BCUT2D eigenvalue weighted by atomic mass is 32.1. The van der Waals surface area contributed by atoms with Crippen LogP contribution < -0.4 is 5.73 Å². The number of thiol groups is 1. The zero-order valence-corrected chi connectivity index (χ0v) is 10.1. The molecule has 1 aromatic heterocycles. The second kappa shape index (κ2) is 7.64. The summed E-state index contributed by atoms with van der Waals surface area (Å²) in [6.07, 6.45) is 1.57. The van der Waals surface area contributed by atoms with E-state index in [0.29, 0.717) is 5.69 Å². The zero-order valence-electron chi connectivity index (χ0n) is 9.20. The lowest BCUT2D eigenvalue weighted by molar-refractivity contribution is -0.137. The van der Waals surface area contributed by atoms with Gasteiger partial charge < -0.3 is 15.9 Å². The van der Waals surface area contributed by atoms with E-state index >= 15 is 0 Å². The third-order valence-corrected chi connectivity index (χ3v) is 2.14. The van der Waals surface area contributed by atoms with Gasteiger partial charge in [0.15, 0.2) is 0 Å². The van der Waals surface area contributed by atoms with Gasteiger partial charge in [-0.15, -0.1) is 0 Å². The maximum absolute atomic E-state index is 10.4. The van der Waals surface area contributed by atoms with Gasteiger partial charge in [-0.2, -0.15) is 12.6 Å². The number of nitrogens with two attached hydrogens (primary N) is 1. The van der Waals surface area contributed by atoms with Crippen LogP contribution in [0, 0.1) is 6.92 Å². The molecule has 0 aliphatic heterocycles. The number of carboxylic acids is 2. The predicted octanol–water partition coefficient (Wildman–Crippen LogP) is 0.416. The molecular formula is C10H14N2O4S. The standard InChI is InChI=1S/C7H7NO2.C3H7NO2S/c1-5-6(7(9)10)3-2-4-8-5;4-2(1-7)3(5)6/h2-4H,1H3,(H,9,10);2,7H,1,4H2,(H,5,6)/t;2-/m.0/s1. The van der Waals surface area contributed by atoms with Crippen molar-refractivity contribution in [2.75, 3.05) is 5.75 Å². The highest BCUT2D eigenvalue weighted by molar-refractivity contribution is 7.80. The van der Waals surface area contributed by atoms with Crippen LogP contribution in [0.4, 0.5) is 0 Å². The van der Waals surface area contributed by atoms with E-state index in [4.69, 9.17) is 15.9 Å². The topological polar surface area (TPSA) is 114 Å². The van der Waals surface area contributed by atoms with Crippen LogP contribution in [0.15, 0.2) is 18.3 Å². The fourth-order valence-corrected chi connectivity index (χ4v) is 0.945. The number of pyridine rings is 1. The molecule has 0 aliphatic rings. The lowest BCUT2D eigenvalue weighted by Gasteiger charge is -1.96. The second-order valence-corrected chi connectivity index (χ2v) is 3.43. The van der Waals surface area contributed by atoms with Gasteiger partial charge in [0.2, 0.25) is 0 Å². The monoisotopic (exact) mass is 258 g/mol. The lowest BCUT2D eigenvalue weighted by atomic mass is 10.2. The van der Waals surface area contributed by atoms with Gasteiger partial charge in [-0.05, 0) is 19.1 Å². The molecule has 0 saturated heterocycles. The molecule has 6 nitrogen and oxygen atoms in total. The molecule has 0 fully saturated rings. The molecule has 4 N–H and O–H groups in total. The van der Waals surface area contributed by atoms with E-state index in [9.17, 15) is 9.59 Å². The summed E-state index contributed by atoms with van der Waals surface area (Å²) < 4.78 is 0. The van der Waals surface area contributed by atoms with Gasteiger partial charge in [-0.25, -0.2) is 4.79 Å². The van der Waals surface area contributed by atoms with Crippen LogP contribution in [0.3, 0.4) is 0 Å². The minimum Gasteiger partial charge on any atom is -0.480 e. The molecule has 1 atom stereocenters. The van der Waals surface area contributed by atoms with Crippen LogP contribution in [0.2, 0.25) is 0 Å². The SMILES string of the molecule is Cc1ncccc1C(=O)O.N[C@@H](CS)C(=O)O. The molecular weight excluding hydrogens is 244 g/mol. The van der Waals surface area contributed by atoms with Crippen LogP contribution in [-0.2, 0) is 4.79 Å². The van der Waals surface area contributed by atoms with E-state index in [1.807, 2.05) is 0 Å². The van der Waals surface area contributed by atoms with E-state index < -0.39 is 18.0 Å². The van der Waals surface area contributed by atoms with E-state index in [2.05, 4.69) is 17.6 Å². The highest BCUT2D eigenvalue weighted by Crippen LogP contribution is 2.01. The molecule has 7 heteroatoms. The summed E-state index contributed by atoms with van der Waals surface area (Å²) in [5.41, 5.74) is 5.76. The highest BCUT2D eigenvalue weighted by Gasteiger charge is 2.06. The average molecular weight is 258 g/mol. The minimum absolute atomic E-state index is 0.190. The number of aryl methyl sites for hydroxylation is 1. The van der Waals surface area contributed by atoms with Crippen molar-refractivity contribution in [2.45, 2.75) is 13.0 Å². The van der Waals surface area contributed by atoms with Gasteiger partial charge in [-0.1, -0.05) is 0 Å². The fraction of sp³-hybridized carbons (Fsp3) is 0.300. The van der Waals surface area contributed by atoms with Crippen LogP contribution in [0.1, 0.15) is 16.1 Å². The van der Waals surface area contributed by atoms with E-state index in [1.165, 1.54) is 6.07 Å². The lowest BCUT2D eigenvalue weighted by Crippen LogP contribution is -2.31. The Hall–Kier alpha value is -1.60. The Morgan fingerprint density at radius 2 is 2.12 bits per heavy atom. The number of hydrogen-bond acceptors (Lipinski definition) is 5. The number of aromatic nitrogens is 1. The summed E-state index contributed by atoms with van der Waals surface area (Å²) >= 11 is 3.65. The first kappa shape index (κ1) is 15.4. The molecule has 0 bridgehead atoms. The summed E-state index contributed by atoms with van der Waals surface area (Å²) in [5, 5.41) is 16.5. The largest absolute Gasteiger partial charge is 0.480 e. The van der Waals surface area contributed by atoms with E-state index in [0.717, 1.165) is 0 Å². The number of carbonyl (C=O) groups is 2. The Morgan fingerprint density at radius 3 is 2.35 bits per heavy atom. The minimum atomic E-state index is -1.00. The molecule has 1 heterocycles. The summed E-state index contributed by atoms with van der Waals surface area (Å²) in [5.74, 6) is -1.74. The first-order valence-corrected chi connectivity index (χ1v) is 5.27. The van der Waals surface area contributed by atoms with Gasteiger partial charge >= 0.3 is 11.9 Å². The van der Waals surface area contributed by atoms with Crippen molar-refractivity contribution in [2.24, 2.45) is 5.73 Å². The molecule has 0 aliphatic carbocycles. The van der Waals surface area contributed by atoms with Crippen molar-refractivity contribution >= 4 is 24.6 Å². The Labute approximate surface area is 104 Å². The molecule has 0 spiro atoms. The maximum Gasteiger partial charge on any atom is 0.337 e. The Balaban J connectivity index is 0.000000325. The van der Waals surface area contributed by atoms with Crippen molar-refractivity contribution in [3.8, 4) is 0 Å². The number of rotatable bonds is 3. The van der Waals surface area contributed by atoms with Crippen LogP contribution in [0.25, 0.3) is 0 Å². The number of carboxylic acid groups (broad SMARTS) is 2. The molecule has 0 amide bonds. The maximum atomic E-state index is 10.4. The van der Waals surface area contributed by atoms with Crippen LogP contribution >= 0.6 is 12.6 Å². The summed E-state index contributed by atoms with van der Waals surface area (Å²) in [7, 11) is 0. The van der Waals surface area contributed by atoms with Gasteiger partial charge in [0.05, 0.1) is 11.3 Å². The summed E-state index contributed by atoms with van der Waals surface area (Å²) in [4.78, 5) is 24.0. The van der Waals surface area contributed by atoms with Crippen LogP contribution in [0.5, 0.6) is 0 Å². The number of aliphatic carboxylic acids is 1. The van der Waals surface area contributed by atoms with E-state index in [-0.39, 0.29) is 11.3 Å². The zero-order chi connectivity index (χ0) is 13.4. The average Bonchev–Trinajstić information content (AvgIpc) is 2.28. The molecule has 17 heavy (non-hydrogen) atoms. The fourth-order valence-electron chi connectivity index (χ4n) is 0.788. The molecule has 94 valence electrons. The molecule has 0 saturated carbocycles. The first-order chi connectivity index (χ1) is 7.90. The van der Waals surface area contributed by atoms with Crippen molar-refractivity contribution in [1.82, 2.24) is 4.98 Å². The molecule has 1 rings (SSSR count). The molecule has 0 radical (unpaired) electrons. The smallest absolute Gasteiger partial charge is 0.337 e. The third kappa shape index (κ3) is 5.88. The summed E-state index contributed by atoms with van der Waals surface area (Å²) in [6.45, 7) is 1.67. The number of aromatic carboxylic acids is 1. The second-order valence-electron chi connectivity index (χ2n) is 3.07. The van der Waals surface area contributed by atoms with E-state index in [1.54, 1.807) is 19.2 Å². The van der Waals surface area contributed by atoms with Crippen molar-refractivity contribution < 1.29 is 19.8 Å². The van der Waals surface area contributed by atoms with Crippen molar-refractivity contribution in [1.29, 1.82) is 0 Å². The number of nitrogens with zero attached hydrogens (tertiary/aromatic N) is 1. The number of hydrogen-bond donors (Lipinski definition) is 4. The normalized spacial score (nSPS) is 11.0. The van der Waals surface area contributed by atoms with Crippen LogP contribution in [-0.4, -0.2) is 38.9 Å². The third-order valence-electron chi connectivity index (χ3n) is 1.75. The van der Waals surface area contributed by atoms with Gasteiger partial charge in [0.1, 0.15) is 6.04 Å². The summed E-state index contributed by atoms with van der Waals surface area (Å²) in [6, 6.07) is 2.32. The molecule has 0 aromatic carbocycles. The van der Waals surface area contributed by atoms with Crippen molar-refractivity contribution in [3.05, 3.63) is 29.6 Å². The quantitative estimate of drug-likeness (QED) is 0.584. The van der Waals surface area contributed by atoms with Gasteiger partial charge in [0, 0.05) is 11.9 Å². The van der Waals surface area contributed by atoms with Crippen molar-refractivity contribution in [3.63, 3.8) is 0 Å². The van der Waals surface area contributed by atoms with Gasteiger partial charge in [0.25, 0.3) is 0 Å². The van der Waals surface area contributed by atoms with Gasteiger partial charge in [-0.3, -0.25) is 9.78 Å². The molecule has 0 unspecified atom stereocenters. The Kier molecular flexibility index (Phi) is 6.92. The predicted molar refractivity (Wildman–Crippen MR) is 65.4 cm³/mol. The molecule has 1 aromatic rings. The first-order valence-electron chi connectivity index (χ1n) is 4.64. The Bertz CT molecular complexity index is 398. The Morgan fingerprint density at radius 1 is 1.53 bits per heavy atom.